The Kier molecular flexibility index (Phi) is 6.17. The van der Waals surface area contributed by atoms with Crippen molar-refractivity contribution in [3.8, 4) is 0 Å². The highest BCUT2D eigenvalue weighted by Crippen LogP contribution is 2.44. The Balaban J connectivity index is 1.54. The van der Waals surface area contributed by atoms with Crippen LogP contribution in [0, 0.1) is 17.8 Å². The van der Waals surface area contributed by atoms with Gasteiger partial charge >= 0.3 is 6.09 Å². The van der Waals surface area contributed by atoms with Crippen LogP contribution in [0.3, 0.4) is 0 Å². The molecule has 0 unspecified atom stereocenters. The molecule has 1 aromatic carbocycles. The van der Waals surface area contributed by atoms with Gasteiger partial charge in [0.1, 0.15) is 12.6 Å². The van der Waals surface area contributed by atoms with Crippen molar-refractivity contribution in [1.82, 2.24) is 10.6 Å². The Bertz CT molecular complexity index is 599. The van der Waals surface area contributed by atoms with E-state index >= 15 is 0 Å². The first kappa shape index (κ1) is 18.7. The van der Waals surface area contributed by atoms with Crippen molar-refractivity contribution in [3.05, 3.63) is 35.9 Å². The van der Waals surface area contributed by atoms with Crippen LogP contribution in [-0.4, -0.2) is 24.1 Å². The highest BCUT2D eigenvalue weighted by Gasteiger charge is 2.43. The molecule has 0 spiro atoms. The average molecular weight is 358 g/mol. The zero-order chi connectivity index (χ0) is 18.5. The molecule has 3 rings (SSSR count). The Hall–Kier alpha value is -2.04. The SMILES string of the molecule is CC[C@H](C)[C@H](NC(=O)OCc1ccccc1)C(=O)NC(C1CC1)C1CC1. The highest BCUT2D eigenvalue weighted by molar-refractivity contribution is 5.86. The van der Waals surface area contributed by atoms with E-state index < -0.39 is 12.1 Å². The molecule has 5 nitrogen and oxygen atoms in total. The van der Waals surface area contributed by atoms with Crippen molar-refractivity contribution in [2.24, 2.45) is 17.8 Å². The fourth-order valence-corrected chi connectivity index (χ4v) is 3.38. The number of rotatable bonds is 9. The molecular formula is C21H30N2O3. The number of carbonyl (C=O) groups excluding carboxylic acids is 2. The van der Waals surface area contributed by atoms with Crippen molar-refractivity contribution in [2.75, 3.05) is 0 Å². The van der Waals surface area contributed by atoms with Gasteiger partial charge in [-0.3, -0.25) is 4.79 Å². The number of alkyl carbamates (subject to hydrolysis) is 1. The molecule has 0 bridgehead atoms. The minimum absolute atomic E-state index is 0.0540. The van der Waals surface area contributed by atoms with Crippen molar-refractivity contribution in [2.45, 2.75) is 64.6 Å². The molecule has 5 heteroatoms. The quantitative estimate of drug-likeness (QED) is 0.708. The van der Waals surface area contributed by atoms with Gasteiger partial charge in [0.25, 0.3) is 0 Å². The van der Waals surface area contributed by atoms with Crippen LogP contribution in [-0.2, 0) is 16.1 Å². The first-order valence-corrected chi connectivity index (χ1v) is 9.86. The van der Waals surface area contributed by atoms with Gasteiger partial charge in [-0.15, -0.1) is 0 Å². The molecule has 0 aliphatic heterocycles. The number of ether oxygens (including phenoxy) is 1. The zero-order valence-corrected chi connectivity index (χ0v) is 15.7. The van der Waals surface area contributed by atoms with E-state index in [0.29, 0.717) is 11.8 Å². The standard InChI is InChI=1S/C21H30N2O3/c1-3-14(2)18(20(24)22-19(16-9-10-16)17-11-12-17)23-21(25)26-13-15-7-5-4-6-8-15/h4-8,14,16-19H,3,9-13H2,1-2H3,(H,22,24)(H,23,25)/t14-,18-/m0/s1. The van der Waals surface area contributed by atoms with Crippen LogP contribution in [0.15, 0.2) is 30.3 Å². The summed E-state index contributed by atoms with van der Waals surface area (Å²) in [5.41, 5.74) is 0.926. The second kappa shape index (κ2) is 8.56. The van der Waals surface area contributed by atoms with Gasteiger partial charge < -0.3 is 15.4 Å². The van der Waals surface area contributed by atoms with Gasteiger partial charge in [-0.2, -0.15) is 0 Å². The zero-order valence-electron chi connectivity index (χ0n) is 15.7. The van der Waals surface area contributed by atoms with Crippen LogP contribution in [0.5, 0.6) is 0 Å². The lowest BCUT2D eigenvalue weighted by Crippen LogP contribution is -2.53. The lowest BCUT2D eigenvalue weighted by Gasteiger charge is -2.26. The number of amides is 2. The summed E-state index contributed by atoms with van der Waals surface area (Å²) in [5.74, 6) is 1.25. The van der Waals surface area contributed by atoms with E-state index in [0.717, 1.165) is 12.0 Å². The summed E-state index contributed by atoms with van der Waals surface area (Å²) in [4.78, 5) is 25.1. The third-order valence-corrected chi connectivity index (χ3v) is 5.55. The van der Waals surface area contributed by atoms with E-state index in [1.807, 2.05) is 44.2 Å². The molecule has 2 atom stereocenters. The molecule has 0 saturated heterocycles. The number of hydrogen-bond donors (Lipinski definition) is 2. The molecule has 2 aliphatic carbocycles. The van der Waals surface area contributed by atoms with E-state index in [4.69, 9.17) is 4.74 Å². The molecule has 2 amide bonds. The highest BCUT2D eigenvalue weighted by atomic mass is 16.5. The summed E-state index contributed by atoms with van der Waals surface area (Å²) in [7, 11) is 0. The van der Waals surface area contributed by atoms with E-state index in [1.165, 1.54) is 25.7 Å². The molecule has 2 saturated carbocycles. The van der Waals surface area contributed by atoms with Gasteiger partial charge in [-0.25, -0.2) is 4.79 Å². The van der Waals surface area contributed by atoms with Gasteiger partial charge in [-0.1, -0.05) is 50.6 Å². The van der Waals surface area contributed by atoms with Gasteiger partial charge in [0.15, 0.2) is 0 Å². The monoisotopic (exact) mass is 358 g/mol. The molecule has 2 fully saturated rings. The molecule has 0 aromatic heterocycles. The van der Waals surface area contributed by atoms with Gasteiger partial charge in [0.2, 0.25) is 5.91 Å². The fourth-order valence-electron chi connectivity index (χ4n) is 3.38. The maximum absolute atomic E-state index is 12.8. The molecule has 2 aliphatic rings. The number of benzene rings is 1. The first-order chi connectivity index (χ1) is 12.6. The van der Waals surface area contributed by atoms with E-state index in [9.17, 15) is 9.59 Å². The van der Waals surface area contributed by atoms with E-state index in [2.05, 4.69) is 10.6 Å². The number of carbonyl (C=O) groups is 2. The normalized spacial score (nSPS) is 18.9. The van der Waals surface area contributed by atoms with E-state index in [-0.39, 0.29) is 24.5 Å². The van der Waals surface area contributed by atoms with Crippen LogP contribution in [0.25, 0.3) is 0 Å². The average Bonchev–Trinajstić information content (AvgIpc) is 3.56. The molecule has 2 N–H and O–H groups in total. The van der Waals surface area contributed by atoms with E-state index in [1.54, 1.807) is 0 Å². The summed E-state index contributed by atoms with van der Waals surface area (Å²) in [6.07, 6.45) is 5.12. The summed E-state index contributed by atoms with van der Waals surface area (Å²) in [6, 6.07) is 9.27. The van der Waals surface area contributed by atoms with Crippen molar-refractivity contribution >= 4 is 12.0 Å². The summed E-state index contributed by atoms with van der Waals surface area (Å²) >= 11 is 0. The fraction of sp³-hybridized carbons (Fsp3) is 0.619. The third-order valence-electron chi connectivity index (χ3n) is 5.55. The second-order valence-electron chi connectivity index (χ2n) is 7.78. The Morgan fingerprint density at radius 3 is 2.23 bits per heavy atom. The minimum Gasteiger partial charge on any atom is -0.445 e. The molecule has 142 valence electrons. The van der Waals surface area contributed by atoms with Crippen LogP contribution in [0.1, 0.15) is 51.5 Å². The van der Waals surface area contributed by atoms with Crippen molar-refractivity contribution in [3.63, 3.8) is 0 Å². The summed E-state index contributed by atoms with van der Waals surface area (Å²) in [6.45, 7) is 4.22. The molecular weight excluding hydrogens is 328 g/mol. The maximum Gasteiger partial charge on any atom is 0.408 e. The lowest BCUT2D eigenvalue weighted by atomic mass is 9.97. The topological polar surface area (TPSA) is 67.4 Å². The smallest absolute Gasteiger partial charge is 0.408 e. The first-order valence-electron chi connectivity index (χ1n) is 9.86. The predicted molar refractivity (Wildman–Crippen MR) is 100 cm³/mol. The molecule has 0 radical (unpaired) electrons. The number of nitrogens with one attached hydrogen (secondary N) is 2. The predicted octanol–water partition coefficient (Wildman–Crippen LogP) is 3.63. The Labute approximate surface area is 155 Å². The minimum atomic E-state index is -0.553. The summed E-state index contributed by atoms with van der Waals surface area (Å²) < 4.78 is 5.30. The van der Waals surface area contributed by atoms with Crippen molar-refractivity contribution in [1.29, 1.82) is 0 Å². The maximum atomic E-state index is 12.8. The van der Waals surface area contributed by atoms with Gasteiger partial charge in [-0.05, 0) is 49.0 Å². The largest absolute Gasteiger partial charge is 0.445 e. The Morgan fingerprint density at radius 1 is 1.08 bits per heavy atom. The lowest BCUT2D eigenvalue weighted by molar-refractivity contribution is -0.125. The van der Waals surface area contributed by atoms with Crippen LogP contribution in [0.2, 0.25) is 0 Å². The van der Waals surface area contributed by atoms with Gasteiger partial charge in [0.05, 0.1) is 0 Å². The molecule has 0 heterocycles. The van der Waals surface area contributed by atoms with Crippen LogP contribution in [0.4, 0.5) is 4.79 Å². The Morgan fingerprint density at radius 2 is 1.69 bits per heavy atom. The third kappa shape index (κ3) is 5.23. The van der Waals surface area contributed by atoms with Crippen LogP contribution >= 0.6 is 0 Å². The molecule has 26 heavy (non-hydrogen) atoms. The second-order valence-corrected chi connectivity index (χ2v) is 7.78. The van der Waals surface area contributed by atoms with Gasteiger partial charge in [0, 0.05) is 6.04 Å². The molecule has 1 aromatic rings. The van der Waals surface area contributed by atoms with Crippen LogP contribution < -0.4 is 10.6 Å². The van der Waals surface area contributed by atoms with Crippen molar-refractivity contribution < 1.29 is 14.3 Å². The number of hydrogen-bond acceptors (Lipinski definition) is 3. The summed E-state index contributed by atoms with van der Waals surface area (Å²) in [5, 5.41) is 6.01.